The summed E-state index contributed by atoms with van der Waals surface area (Å²) in [5, 5.41) is 0. The highest BCUT2D eigenvalue weighted by Gasteiger charge is 2.72. The molecular formula is C20H22O. The molecule has 0 heterocycles. The fourth-order valence-electron chi connectivity index (χ4n) is 3.97. The zero-order valence-electron chi connectivity index (χ0n) is 13.2. The molecule has 1 saturated carbocycles. The summed E-state index contributed by atoms with van der Waals surface area (Å²) in [6, 6.07) is 20.4. The standard InChI is InChI=1S/C20H22O/c1-18(2)17(21)20(19(18,3)4,15-11-7-5-8-12-15)16-13-9-6-10-14-16/h5-14H,1-4H3. The van der Waals surface area contributed by atoms with Crippen LogP contribution in [0, 0.1) is 10.8 Å². The van der Waals surface area contributed by atoms with Crippen molar-refractivity contribution >= 4 is 5.78 Å². The van der Waals surface area contributed by atoms with Crippen molar-refractivity contribution in [3.63, 3.8) is 0 Å². The van der Waals surface area contributed by atoms with Crippen LogP contribution in [0.1, 0.15) is 38.8 Å². The third-order valence-electron chi connectivity index (χ3n) is 5.82. The molecule has 21 heavy (non-hydrogen) atoms. The largest absolute Gasteiger partial charge is 0.298 e. The fourth-order valence-corrected chi connectivity index (χ4v) is 3.97. The van der Waals surface area contributed by atoms with Gasteiger partial charge in [0.2, 0.25) is 0 Å². The molecule has 0 spiro atoms. The van der Waals surface area contributed by atoms with E-state index >= 15 is 0 Å². The number of rotatable bonds is 2. The number of ketones is 1. The van der Waals surface area contributed by atoms with E-state index in [-0.39, 0.29) is 10.8 Å². The van der Waals surface area contributed by atoms with Gasteiger partial charge in [0, 0.05) is 5.41 Å². The summed E-state index contributed by atoms with van der Waals surface area (Å²) in [5.41, 5.74) is 1.20. The van der Waals surface area contributed by atoms with Gasteiger partial charge in [-0.05, 0) is 16.5 Å². The molecule has 0 radical (unpaired) electrons. The molecule has 1 aliphatic carbocycles. The molecule has 0 N–H and O–H groups in total. The first-order valence-electron chi connectivity index (χ1n) is 7.53. The third kappa shape index (κ3) is 1.49. The Bertz CT molecular complexity index is 626. The Morgan fingerprint density at radius 3 is 1.38 bits per heavy atom. The first kappa shape index (κ1) is 14.1. The van der Waals surface area contributed by atoms with E-state index in [1.54, 1.807) is 0 Å². The van der Waals surface area contributed by atoms with Gasteiger partial charge >= 0.3 is 0 Å². The summed E-state index contributed by atoms with van der Waals surface area (Å²) >= 11 is 0. The smallest absolute Gasteiger partial charge is 0.154 e. The first-order chi connectivity index (χ1) is 9.87. The van der Waals surface area contributed by atoms with Crippen molar-refractivity contribution in [2.24, 2.45) is 10.8 Å². The van der Waals surface area contributed by atoms with Crippen LogP contribution >= 0.6 is 0 Å². The summed E-state index contributed by atoms with van der Waals surface area (Å²) in [7, 11) is 0. The molecule has 2 aromatic carbocycles. The number of benzene rings is 2. The average Bonchev–Trinajstić information content (AvgIpc) is 2.49. The average molecular weight is 278 g/mol. The van der Waals surface area contributed by atoms with Crippen molar-refractivity contribution in [2.75, 3.05) is 0 Å². The van der Waals surface area contributed by atoms with E-state index in [0.717, 1.165) is 11.1 Å². The molecule has 0 aromatic heterocycles. The van der Waals surface area contributed by atoms with E-state index in [0.29, 0.717) is 5.78 Å². The summed E-state index contributed by atoms with van der Waals surface area (Å²) in [6.07, 6.45) is 0. The first-order valence-corrected chi connectivity index (χ1v) is 7.53. The van der Waals surface area contributed by atoms with Crippen LogP contribution in [0.15, 0.2) is 60.7 Å². The molecule has 1 aliphatic rings. The second-order valence-corrected chi connectivity index (χ2v) is 7.06. The molecule has 0 atom stereocenters. The minimum atomic E-state index is -0.543. The molecule has 0 amide bonds. The van der Waals surface area contributed by atoms with Crippen molar-refractivity contribution in [3.05, 3.63) is 71.8 Å². The quantitative estimate of drug-likeness (QED) is 0.784. The van der Waals surface area contributed by atoms with Crippen LogP contribution in [0.4, 0.5) is 0 Å². The minimum absolute atomic E-state index is 0.139. The maximum Gasteiger partial charge on any atom is 0.154 e. The second-order valence-electron chi connectivity index (χ2n) is 7.06. The number of carbonyl (C=O) groups excluding carboxylic acids is 1. The lowest BCUT2D eigenvalue weighted by Crippen LogP contribution is -2.71. The molecule has 3 rings (SSSR count). The Balaban J connectivity index is 2.32. The lowest BCUT2D eigenvalue weighted by molar-refractivity contribution is -0.168. The van der Waals surface area contributed by atoms with Gasteiger partial charge in [0.15, 0.2) is 5.78 Å². The number of carbonyl (C=O) groups is 1. The van der Waals surface area contributed by atoms with E-state index in [9.17, 15) is 4.79 Å². The predicted molar refractivity (Wildman–Crippen MR) is 86.2 cm³/mol. The van der Waals surface area contributed by atoms with Crippen LogP contribution < -0.4 is 0 Å². The molecule has 0 unspecified atom stereocenters. The summed E-state index contributed by atoms with van der Waals surface area (Å²) in [4.78, 5) is 13.2. The van der Waals surface area contributed by atoms with Crippen LogP contribution in [0.25, 0.3) is 0 Å². The van der Waals surface area contributed by atoms with Gasteiger partial charge in [-0.3, -0.25) is 4.79 Å². The molecule has 0 aliphatic heterocycles. The van der Waals surface area contributed by atoms with Crippen LogP contribution in [0.5, 0.6) is 0 Å². The molecule has 1 nitrogen and oxygen atoms in total. The Morgan fingerprint density at radius 1 is 0.667 bits per heavy atom. The molecule has 0 saturated heterocycles. The van der Waals surface area contributed by atoms with Gasteiger partial charge in [0.05, 0.1) is 5.41 Å². The molecular weight excluding hydrogens is 256 g/mol. The van der Waals surface area contributed by atoms with Crippen LogP contribution in [0.3, 0.4) is 0 Å². The SMILES string of the molecule is CC1(C)C(=O)C(c2ccccc2)(c2ccccc2)C1(C)C. The topological polar surface area (TPSA) is 17.1 Å². The van der Waals surface area contributed by atoms with Gasteiger partial charge in [-0.2, -0.15) is 0 Å². The van der Waals surface area contributed by atoms with E-state index in [2.05, 4.69) is 52.0 Å². The highest BCUT2D eigenvalue weighted by atomic mass is 16.1. The van der Waals surface area contributed by atoms with E-state index in [1.165, 1.54) is 0 Å². The van der Waals surface area contributed by atoms with Crippen molar-refractivity contribution in [3.8, 4) is 0 Å². The molecule has 0 bridgehead atoms. The van der Waals surface area contributed by atoms with Crippen LogP contribution in [0.2, 0.25) is 0 Å². The molecule has 108 valence electrons. The van der Waals surface area contributed by atoms with Crippen molar-refractivity contribution in [1.82, 2.24) is 0 Å². The van der Waals surface area contributed by atoms with E-state index in [4.69, 9.17) is 0 Å². The van der Waals surface area contributed by atoms with Crippen molar-refractivity contribution in [1.29, 1.82) is 0 Å². The Kier molecular flexibility index (Phi) is 2.88. The lowest BCUT2D eigenvalue weighted by Gasteiger charge is -2.65. The number of hydrogen-bond acceptors (Lipinski definition) is 1. The zero-order chi connectivity index (χ0) is 15.3. The third-order valence-corrected chi connectivity index (χ3v) is 5.82. The summed E-state index contributed by atoms with van der Waals surface area (Å²) in [5.74, 6) is 0.317. The fraction of sp³-hybridized carbons (Fsp3) is 0.350. The monoisotopic (exact) mass is 278 g/mol. The van der Waals surface area contributed by atoms with Crippen molar-refractivity contribution in [2.45, 2.75) is 33.1 Å². The lowest BCUT2D eigenvalue weighted by atomic mass is 9.34. The Hall–Kier alpha value is -1.89. The summed E-state index contributed by atoms with van der Waals surface area (Å²) in [6.45, 7) is 8.57. The number of hydrogen-bond donors (Lipinski definition) is 0. The highest BCUT2D eigenvalue weighted by Crippen LogP contribution is 2.67. The zero-order valence-corrected chi connectivity index (χ0v) is 13.2. The number of Topliss-reactive ketones (excluding diaryl/α,β-unsaturated/α-hetero) is 1. The Labute approximate surface area is 127 Å². The van der Waals surface area contributed by atoms with Gasteiger partial charge < -0.3 is 0 Å². The predicted octanol–water partition coefficient (Wildman–Crippen LogP) is 4.61. The highest BCUT2D eigenvalue weighted by molar-refractivity contribution is 6.06. The molecule has 2 aromatic rings. The molecule has 1 fully saturated rings. The van der Waals surface area contributed by atoms with Gasteiger partial charge in [-0.1, -0.05) is 88.4 Å². The van der Waals surface area contributed by atoms with Crippen molar-refractivity contribution < 1.29 is 4.79 Å². The Morgan fingerprint density at radius 2 is 1.05 bits per heavy atom. The summed E-state index contributed by atoms with van der Waals surface area (Å²) < 4.78 is 0. The second kappa shape index (κ2) is 4.30. The van der Waals surface area contributed by atoms with Gasteiger partial charge in [0.25, 0.3) is 0 Å². The molecule has 1 heteroatoms. The van der Waals surface area contributed by atoms with Gasteiger partial charge in [0.1, 0.15) is 0 Å². The van der Waals surface area contributed by atoms with E-state index < -0.39 is 5.41 Å². The van der Waals surface area contributed by atoms with Gasteiger partial charge in [-0.25, -0.2) is 0 Å². The maximum absolute atomic E-state index is 13.2. The minimum Gasteiger partial charge on any atom is -0.298 e. The van der Waals surface area contributed by atoms with Gasteiger partial charge in [-0.15, -0.1) is 0 Å². The van der Waals surface area contributed by atoms with E-state index in [1.807, 2.05) is 36.4 Å². The normalized spacial score (nSPS) is 21.6. The maximum atomic E-state index is 13.2. The van der Waals surface area contributed by atoms with Crippen LogP contribution in [-0.4, -0.2) is 5.78 Å². The van der Waals surface area contributed by atoms with Crippen LogP contribution in [-0.2, 0) is 10.2 Å².